The SMILES string of the molecule is c1ccc(OC[C@H]2CC[C@@H](Nc3ccc4ncc(-c5ccncc5)n4n3)CC2)cc1. The van der Waals surface area contributed by atoms with Crippen molar-refractivity contribution in [2.45, 2.75) is 31.7 Å². The van der Waals surface area contributed by atoms with Gasteiger partial charge in [0.1, 0.15) is 11.6 Å². The summed E-state index contributed by atoms with van der Waals surface area (Å²) in [5.74, 6) is 2.46. The van der Waals surface area contributed by atoms with Crippen molar-refractivity contribution in [1.82, 2.24) is 19.6 Å². The molecule has 0 bridgehead atoms. The summed E-state index contributed by atoms with van der Waals surface area (Å²) in [5, 5.41) is 8.42. The number of aromatic nitrogens is 4. The van der Waals surface area contributed by atoms with Crippen molar-refractivity contribution < 1.29 is 4.74 Å². The van der Waals surface area contributed by atoms with Gasteiger partial charge in [0.15, 0.2) is 5.65 Å². The van der Waals surface area contributed by atoms with Crippen LogP contribution in [0.1, 0.15) is 25.7 Å². The molecule has 1 aromatic carbocycles. The van der Waals surface area contributed by atoms with Crippen LogP contribution in [-0.4, -0.2) is 32.2 Å². The Kier molecular flexibility index (Phi) is 5.29. The molecule has 5 rings (SSSR count). The second-order valence-corrected chi connectivity index (χ2v) is 7.85. The number of para-hydroxylation sites is 1. The molecule has 0 radical (unpaired) electrons. The molecule has 4 aromatic rings. The first kappa shape index (κ1) is 18.6. The number of benzene rings is 1. The molecule has 6 nitrogen and oxygen atoms in total. The predicted molar refractivity (Wildman–Crippen MR) is 118 cm³/mol. The lowest BCUT2D eigenvalue weighted by Crippen LogP contribution is -2.29. The van der Waals surface area contributed by atoms with Gasteiger partial charge in [0.2, 0.25) is 0 Å². The largest absolute Gasteiger partial charge is 0.493 e. The number of imidazole rings is 1. The zero-order valence-corrected chi connectivity index (χ0v) is 16.8. The molecule has 1 aliphatic rings. The average molecular weight is 399 g/mol. The standard InChI is InChI=1S/C24H25N5O/c1-2-4-21(5-3-1)30-17-18-6-8-20(9-7-18)27-23-10-11-24-26-16-22(29(24)28-23)19-12-14-25-15-13-19/h1-5,10-16,18,20H,6-9,17H2,(H,27,28)/t18-,20+. The van der Waals surface area contributed by atoms with Gasteiger partial charge in [-0.3, -0.25) is 4.98 Å². The normalized spacial score (nSPS) is 18.9. The van der Waals surface area contributed by atoms with Crippen molar-refractivity contribution in [2.75, 3.05) is 11.9 Å². The first-order chi connectivity index (χ1) is 14.8. The molecular weight excluding hydrogens is 374 g/mol. The highest BCUT2D eigenvalue weighted by Gasteiger charge is 2.22. The molecule has 6 heteroatoms. The fraction of sp³-hybridized carbons (Fsp3) is 0.292. The maximum atomic E-state index is 5.95. The summed E-state index contributed by atoms with van der Waals surface area (Å²) in [6, 6.07) is 18.5. The van der Waals surface area contributed by atoms with Gasteiger partial charge in [-0.05, 0) is 68.0 Å². The third-order valence-corrected chi connectivity index (χ3v) is 5.77. The Labute approximate surface area is 176 Å². The summed E-state index contributed by atoms with van der Waals surface area (Å²) >= 11 is 0. The number of nitrogens with one attached hydrogen (secondary N) is 1. The van der Waals surface area contributed by atoms with E-state index in [0.717, 1.165) is 47.9 Å². The molecule has 1 aliphatic carbocycles. The summed E-state index contributed by atoms with van der Waals surface area (Å²) in [6.07, 6.45) is 10.0. The smallest absolute Gasteiger partial charge is 0.154 e. The van der Waals surface area contributed by atoms with Crippen LogP contribution in [0.25, 0.3) is 16.9 Å². The van der Waals surface area contributed by atoms with Crippen molar-refractivity contribution in [3.63, 3.8) is 0 Å². The van der Waals surface area contributed by atoms with E-state index in [1.54, 1.807) is 12.4 Å². The second-order valence-electron chi connectivity index (χ2n) is 7.85. The van der Waals surface area contributed by atoms with E-state index in [9.17, 15) is 0 Å². The first-order valence-electron chi connectivity index (χ1n) is 10.5. The van der Waals surface area contributed by atoms with Crippen LogP contribution in [0, 0.1) is 5.92 Å². The lowest BCUT2D eigenvalue weighted by Gasteiger charge is -2.29. The quantitative estimate of drug-likeness (QED) is 0.503. The molecule has 0 spiro atoms. The zero-order valence-electron chi connectivity index (χ0n) is 16.8. The fourth-order valence-electron chi connectivity index (χ4n) is 4.08. The number of ether oxygens (including phenoxy) is 1. The second kappa shape index (κ2) is 8.53. The van der Waals surface area contributed by atoms with E-state index in [2.05, 4.69) is 15.3 Å². The molecule has 0 atom stereocenters. The molecule has 0 saturated heterocycles. The number of fused-ring (bicyclic) bond motifs is 1. The Balaban J connectivity index is 1.20. The van der Waals surface area contributed by atoms with Gasteiger partial charge < -0.3 is 10.1 Å². The highest BCUT2D eigenvalue weighted by Crippen LogP contribution is 2.27. The third kappa shape index (κ3) is 4.13. The Bertz CT molecular complexity index is 1090. The first-order valence-corrected chi connectivity index (χ1v) is 10.5. The van der Waals surface area contributed by atoms with Crippen molar-refractivity contribution in [2.24, 2.45) is 5.92 Å². The van der Waals surface area contributed by atoms with Crippen LogP contribution < -0.4 is 10.1 Å². The monoisotopic (exact) mass is 399 g/mol. The van der Waals surface area contributed by atoms with Crippen LogP contribution in [-0.2, 0) is 0 Å². The Morgan fingerprint density at radius 1 is 0.933 bits per heavy atom. The van der Waals surface area contributed by atoms with Crippen LogP contribution in [0.2, 0.25) is 0 Å². The predicted octanol–water partition coefficient (Wildman–Crippen LogP) is 4.84. The Hall–Kier alpha value is -3.41. The maximum absolute atomic E-state index is 5.95. The van der Waals surface area contributed by atoms with E-state index in [1.807, 2.05) is 65.3 Å². The Morgan fingerprint density at radius 3 is 2.53 bits per heavy atom. The van der Waals surface area contributed by atoms with E-state index in [0.29, 0.717) is 12.0 Å². The van der Waals surface area contributed by atoms with E-state index in [1.165, 1.54) is 12.8 Å². The molecule has 0 amide bonds. The van der Waals surface area contributed by atoms with E-state index >= 15 is 0 Å². The molecule has 152 valence electrons. The number of anilines is 1. The number of rotatable bonds is 6. The summed E-state index contributed by atoms with van der Waals surface area (Å²) in [4.78, 5) is 8.57. The Morgan fingerprint density at radius 2 is 1.73 bits per heavy atom. The number of hydrogen-bond acceptors (Lipinski definition) is 5. The number of nitrogens with zero attached hydrogens (tertiary/aromatic N) is 4. The van der Waals surface area contributed by atoms with Gasteiger partial charge in [-0.2, -0.15) is 0 Å². The fourth-order valence-corrected chi connectivity index (χ4v) is 4.08. The minimum absolute atomic E-state index is 0.441. The molecule has 3 heterocycles. The number of pyridine rings is 1. The highest BCUT2D eigenvalue weighted by molar-refractivity contribution is 5.63. The van der Waals surface area contributed by atoms with Crippen molar-refractivity contribution in [3.05, 3.63) is 73.2 Å². The van der Waals surface area contributed by atoms with Crippen LogP contribution in [0.5, 0.6) is 5.75 Å². The van der Waals surface area contributed by atoms with Gasteiger partial charge in [0.05, 0.1) is 18.5 Å². The van der Waals surface area contributed by atoms with Crippen LogP contribution in [0.15, 0.2) is 73.2 Å². The molecule has 3 aromatic heterocycles. The van der Waals surface area contributed by atoms with E-state index in [4.69, 9.17) is 9.84 Å². The summed E-state index contributed by atoms with van der Waals surface area (Å²) in [7, 11) is 0. The van der Waals surface area contributed by atoms with Crippen LogP contribution in [0.3, 0.4) is 0 Å². The lowest BCUT2D eigenvalue weighted by molar-refractivity contribution is 0.203. The third-order valence-electron chi connectivity index (χ3n) is 5.77. The molecular formula is C24H25N5O. The number of hydrogen-bond donors (Lipinski definition) is 1. The van der Waals surface area contributed by atoms with Gasteiger partial charge in [-0.1, -0.05) is 18.2 Å². The summed E-state index contributed by atoms with van der Waals surface area (Å²) in [5.41, 5.74) is 2.87. The molecule has 0 aliphatic heterocycles. The van der Waals surface area contributed by atoms with Gasteiger partial charge in [0, 0.05) is 24.0 Å². The maximum Gasteiger partial charge on any atom is 0.154 e. The zero-order chi connectivity index (χ0) is 20.2. The van der Waals surface area contributed by atoms with E-state index < -0.39 is 0 Å². The molecule has 30 heavy (non-hydrogen) atoms. The minimum Gasteiger partial charge on any atom is -0.493 e. The average Bonchev–Trinajstić information content (AvgIpc) is 3.23. The summed E-state index contributed by atoms with van der Waals surface area (Å²) in [6.45, 7) is 0.797. The van der Waals surface area contributed by atoms with Gasteiger partial charge in [-0.25, -0.2) is 9.50 Å². The topological polar surface area (TPSA) is 64.3 Å². The van der Waals surface area contributed by atoms with E-state index in [-0.39, 0.29) is 0 Å². The lowest BCUT2D eigenvalue weighted by atomic mass is 9.86. The molecule has 0 unspecified atom stereocenters. The molecule has 1 saturated carbocycles. The van der Waals surface area contributed by atoms with Crippen LogP contribution in [0.4, 0.5) is 5.82 Å². The van der Waals surface area contributed by atoms with Gasteiger partial charge >= 0.3 is 0 Å². The van der Waals surface area contributed by atoms with Gasteiger partial charge in [-0.15, -0.1) is 5.10 Å². The van der Waals surface area contributed by atoms with Crippen LogP contribution >= 0.6 is 0 Å². The molecule has 1 fully saturated rings. The summed E-state index contributed by atoms with van der Waals surface area (Å²) < 4.78 is 7.85. The van der Waals surface area contributed by atoms with Crippen molar-refractivity contribution in [1.29, 1.82) is 0 Å². The van der Waals surface area contributed by atoms with Crippen molar-refractivity contribution in [3.8, 4) is 17.0 Å². The van der Waals surface area contributed by atoms with Crippen molar-refractivity contribution >= 4 is 11.5 Å². The highest BCUT2D eigenvalue weighted by atomic mass is 16.5. The minimum atomic E-state index is 0.441. The molecule has 1 N–H and O–H groups in total. The van der Waals surface area contributed by atoms with Gasteiger partial charge in [0.25, 0.3) is 0 Å².